The van der Waals surface area contributed by atoms with Gasteiger partial charge in [0.05, 0.1) is 36.2 Å². The molecule has 0 atom stereocenters. The highest BCUT2D eigenvalue weighted by Gasteiger charge is 2.56. The monoisotopic (exact) mass is 390 g/mol. The van der Waals surface area contributed by atoms with Gasteiger partial charge >= 0.3 is 0 Å². The Morgan fingerprint density at radius 1 is 0.966 bits per heavy atom. The molecule has 0 bridgehead atoms. The van der Waals surface area contributed by atoms with E-state index in [1.165, 1.54) is 0 Å². The summed E-state index contributed by atoms with van der Waals surface area (Å²) in [6, 6.07) is 16.3. The van der Waals surface area contributed by atoms with E-state index < -0.39 is 5.41 Å². The Morgan fingerprint density at radius 3 is 2.28 bits per heavy atom. The fourth-order valence-electron chi connectivity index (χ4n) is 3.46. The number of hydrogen-bond donors (Lipinski definition) is 2. The lowest BCUT2D eigenvalue weighted by Gasteiger charge is -2.30. The summed E-state index contributed by atoms with van der Waals surface area (Å²) in [5.74, 6) is -0.604. The highest BCUT2D eigenvalue weighted by atomic mass is 16.5. The van der Waals surface area contributed by atoms with E-state index in [-0.39, 0.29) is 11.8 Å². The molecule has 2 aliphatic rings. The summed E-state index contributed by atoms with van der Waals surface area (Å²) in [7, 11) is 0. The van der Waals surface area contributed by atoms with Gasteiger partial charge in [0.2, 0.25) is 11.8 Å². The third-order valence-corrected chi connectivity index (χ3v) is 5.40. The number of anilines is 3. The molecule has 4 rings (SSSR count). The van der Waals surface area contributed by atoms with Gasteiger partial charge in [-0.15, -0.1) is 0 Å². The van der Waals surface area contributed by atoms with Gasteiger partial charge < -0.3 is 20.3 Å². The number of nitriles is 1. The van der Waals surface area contributed by atoms with Crippen LogP contribution in [0.5, 0.6) is 0 Å². The maximum atomic E-state index is 13.0. The van der Waals surface area contributed by atoms with Gasteiger partial charge in [0.15, 0.2) is 0 Å². The normalized spacial score (nSPS) is 17.1. The Balaban J connectivity index is 1.47. The second-order valence-electron chi connectivity index (χ2n) is 7.30. The lowest BCUT2D eigenvalue weighted by molar-refractivity contribution is -0.131. The third-order valence-electron chi connectivity index (χ3n) is 5.40. The summed E-state index contributed by atoms with van der Waals surface area (Å²) >= 11 is 0. The van der Waals surface area contributed by atoms with Gasteiger partial charge in [-0.1, -0.05) is 12.1 Å². The van der Waals surface area contributed by atoms with Crippen LogP contribution in [0, 0.1) is 16.7 Å². The lowest BCUT2D eigenvalue weighted by Crippen LogP contribution is -2.38. The van der Waals surface area contributed by atoms with Crippen molar-refractivity contribution < 1.29 is 14.3 Å². The van der Waals surface area contributed by atoms with Crippen molar-refractivity contribution in [3.8, 4) is 6.07 Å². The molecule has 2 aromatic rings. The fourth-order valence-corrected chi connectivity index (χ4v) is 3.46. The summed E-state index contributed by atoms with van der Waals surface area (Å²) in [4.78, 5) is 28.0. The largest absolute Gasteiger partial charge is 0.378 e. The molecule has 2 N–H and O–H groups in total. The first-order valence-corrected chi connectivity index (χ1v) is 9.67. The molecule has 7 nitrogen and oxygen atoms in total. The number of hydrogen-bond acceptors (Lipinski definition) is 5. The predicted molar refractivity (Wildman–Crippen MR) is 110 cm³/mol. The number of carbonyl (C=O) groups is 2. The molecule has 2 amide bonds. The zero-order valence-corrected chi connectivity index (χ0v) is 16.0. The average Bonchev–Trinajstić information content (AvgIpc) is 3.58. The second-order valence-corrected chi connectivity index (χ2v) is 7.30. The van der Waals surface area contributed by atoms with Gasteiger partial charge in [-0.2, -0.15) is 5.26 Å². The van der Waals surface area contributed by atoms with Crippen molar-refractivity contribution in [1.29, 1.82) is 5.26 Å². The van der Waals surface area contributed by atoms with E-state index in [9.17, 15) is 9.59 Å². The van der Waals surface area contributed by atoms with Crippen LogP contribution in [-0.4, -0.2) is 38.1 Å². The number of rotatable bonds is 5. The number of para-hydroxylation sites is 2. The van der Waals surface area contributed by atoms with Gasteiger partial charge in [-0.3, -0.25) is 9.59 Å². The minimum Gasteiger partial charge on any atom is -0.378 e. The van der Waals surface area contributed by atoms with Gasteiger partial charge in [0.1, 0.15) is 5.41 Å². The average molecular weight is 390 g/mol. The molecule has 7 heteroatoms. The maximum absolute atomic E-state index is 13.0. The van der Waals surface area contributed by atoms with Crippen molar-refractivity contribution in [3.05, 3.63) is 54.1 Å². The summed E-state index contributed by atoms with van der Waals surface area (Å²) in [6.07, 6.45) is 1.03. The van der Waals surface area contributed by atoms with Crippen LogP contribution in [0.1, 0.15) is 18.4 Å². The topological polar surface area (TPSA) is 94.5 Å². The van der Waals surface area contributed by atoms with E-state index in [0.717, 1.165) is 18.8 Å². The molecule has 29 heavy (non-hydrogen) atoms. The molecule has 0 aromatic heterocycles. The number of benzene rings is 2. The maximum Gasteiger partial charge on any atom is 0.240 e. The van der Waals surface area contributed by atoms with Crippen LogP contribution in [0.25, 0.3) is 0 Å². The fraction of sp³-hybridized carbons (Fsp3) is 0.318. The Labute approximate surface area is 169 Å². The molecular weight excluding hydrogens is 368 g/mol. The van der Waals surface area contributed by atoms with Crippen molar-refractivity contribution >= 4 is 28.9 Å². The first-order chi connectivity index (χ1) is 14.1. The molecule has 1 aliphatic heterocycles. The minimum atomic E-state index is -1.05. The van der Waals surface area contributed by atoms with E-state index >= 15 is 0 Å². The third kappa shape index (κ3) is 3.93. The molecule has 0 radical (unpaired) electrons. The van der Waals surface area contributed by atoms with Gasteiger partial charge in [-0.05, 0) is 49.2 Å². The Morgan fingerprint density at radius 2 is 1.62 bits per heavy atom. The number of amides is 2. The number of morpholine rings is 1. The zero-order valence-electron chi connectivity index (χ0n) is 16.0. The molecule has 0 spiro atoms. The van der Waals surface area contributed by atoms with E-state index in [1.807, 2.05) is 30.3 Å². The van der Waals surface area contributed by atoms with Gasteiger partial charge in [-0.25, -0.2) is 0 Å². The highest BCUT2D eigenvalue weighted by Crippen LogP contribution is 2.48. The van der Waals surface area contributed by atoms with Crippen molar-refractivity contribution in [3.63, 3.8) is 0 Å². The van der Waals surface area contributed by atoms with E-state index in [4.69, 9.17) is 10.00 Å². The molecule has 2 aromatic carbocycles. The van der Waals surface area contributed by atoms with Crippen molar-refractivity contribution in [2.24, 2.45) is 5.41 Å². The highest BCUT2D eigenvalue weighted by molar-refractivity contribution is 6.17. The lowest BCUT2D eigenvalue weighted by atomic mass is 10.0. The molecule has 1 heterocycles. The molecule has 148 valence electrons. The molecule has 1 saturated heterocycles. The molecular formula is C22H22N4O3. The number of nitrogens with zero attached hydrogens (tertiary/aromatic N) is 2. The van der Waals surface area contributed by atoms with Gasteiger partial charge in [0, 0.05) is 18.8 Å². The van der Waals surface area contributed by atoms with Crippen LogP contribution in [0.4, 0.5) is 17.1 Å². The van der Waals surface area contributed by atoms with Gasteiger partial charge in [0.25, 0.3) is 0 Å². The number of nitrogens with one attached hydrogen (secondary N) is 2. The Bertz CT molecular complexity index is 955. The van der Waals surface area contributed by atoms with E-state index in [1.54, 1.807) is 24.3 Å². The van der Waals surface area contributed by atoms with Crippen molar-refractivity contribution in [2.45, 2.75) is 12.8 Å². The quantitative estimate of drug-likeness (QED) is 0.766. The summed E-state index contributed by atoms with van der Waals surface area (Å²) in [6.45, 7) is 2.83. The smallest absolute Gasteiger partial charge is 0.240 e. The van der Waals surface area contributed by atoms with Crippen LogP contribution in [0.2, 0.25) is 0 Å². The standard InChI is InChI=1S/C22H22N4O3/c23-15-16-5-7-17(8-6-16)24-20(27)22(9-10-22)21(28)25-18-3-1-2-4-19(18)26-11-13-29-14-12-26/h1-8H,9-14H2,(H,24,27)(H,25,28). The Hall–Kier alpha value is -3.37. The van der Waals surface area contributed by atoms with Crippen LogP contribution in [-0.2, 0) is 14.3 Å². The summed E-state index contributed by atoms with van der Waals surface area (Å²) in [5.41, 5.74) is 1.68. The van der Waals surface area contributed by atoms with Crippen molar-refractivity contribution in [2.75, 3.05) is 41.8 Å². The first-order valence-electron chi connectivity index (χ1n) is 9.67. The van der Waals surface area contributed by atoms with Crippen LogP contribution < -0.4 is 15.5 Å². The van der Waals surface area contributed by atoms with Crippen molar-refractivity contribution in [1.82, 2.24) is 0 Å². The predicted octanol–water partition coefficient (Wildman–Crippen LogP) is 2.75. The van der Waals surface area contributed by atoms with Crippen LogP contribution in [0.3, 0.4) is 0 Å². The van der Waals surface area contributed by atoms with E-state index in [0.29, 0.717) is 43.0 Å². The SMILES string of the molecule is N#Cc1ccc(NC(=O)C2(C(=O)Nc3ccccc3N3CCOCC3)CC2)cc1. The Kier molecular flexibility index (Phi) is 5.19. The molecule has 2 fully saturated rings. The first kappa shape index (κ1) is 19.0. The summed E-state index contributed by atoms with van der Waals surface area (Å²) in [5, 5.41) is 14.7. The van der Waals surface area contributed by atoms with E-state index in [2.05, 4.69) is 15.5 Å². The molecule has 1 saturated carbocycles. The number of ether oxygens (including phenoxy) is 1. The van der Waals surface area contributed by atoms with Crippen LogP contribution in [0.15, 0.2) is 48.5 Å². The second kappa shape index (κ2) is 7.94. The van der Waals surface area contributed by atoms with Crippen LogP contribution >= 0.6 is 0 Å². The zero-order chi connectivity index (χ0) is 20.3. The summed E-state index contributed by atoms with van der Waals surface area (Å²) < 4.78 is 5.41. The molecule has 0 unspecified atom stereocenters. The minimum absolute atomic E-state index is 0.288. The number of carbonyl (C=O) groups excluding carboxylic acids is 2. The molecule has 1 aliphatic carbocycles.